The Bertz CT molecular complexity index is 554. The first-order valence-electron chi connectivity index (χ1n) is 8.95. The quantitative estimate of drug-likeness (QED) is 0.665. The van der Waals surface area contributed by atoms with E-state index in [0.717, 1.165) is 24.4 Å². The van der Waals surface area contributed by atoms with Crippen molar-refractivity contribution in [3.63, 3.8) is 0 Å². The second-order valence-electron chi connectivity index (χ2n) is 6.69. The van der Waals surface area contributed by atoms with Gasteiger partial charge in [-0.2, -0.15) is 0 Å². The number of hydrogen-bond donors (Lipinski definition) is 3. The fourth-order valence-corrected chi connectivity index (χ4v) is 3.08. The van der Waals surface area contributed by atoms with E-state index in [4.69, 9.17) is 4.74 Å². The van der Waals surface area contributed by atoms with Gasteiger partial charge >= 0.3 is 0 Å². The molecule has 138 valence electrons. The molecule has 0 radical (unpaired) electrons. The highest BCUT2D eigenvalue weighted by Gasteiger charge is 2.22. The SMILES string of the molecule is COc1ccc(CNC(=O)CNC(=O)CC(C)C2CCCNC2)cc1. The van der Waals surface area contributed by atoms with Crippen LogP contribution in [0.15, 0.2) is 24.3 Å². The zero-order chi connectivity index (χ0) is 18.1. The highest BCUT2D eigenvalue weighted by Crippen LogP contribution is 2.22. The normalized spacial score (nSPS) is 18.2. The number of methoxy groups -OCH3 is 1. The summed E-state index contributed by atoms with van der Waals surface area (Å²) in [6, 6.07) is 7.50. The Hall–Kier alpha value is -2.08. The van der Waals surface area contributed by atoms with Crippen LogP contribution in [0.1, 0.15) is 31.7 Å². The molecule has 6 nitrogen and oxygen atoms in total. The molecule has 25 heavy (non-hydrogen) atoms. The van der Waals surface area contributed by atoms with E-state index in [1.54, 1.807) is 7.11 Å². The van der Waals surface area contributed by atoms with E-state index in [2.05, 4.69) is 22.9 Å². The van der Waals surface area contributed by atoms with Crippen molar-refractivity contribution in [1.29, 1.82) is 0 Å². The van der Waals surface area contributed by atoms with E-state index in [1.807, 2.05) is 24.3 Å². The summed E-state index contributed by atoms with van der Waals surface area (Å²) in [5.74, 6) is 1.41. The van der Waals surface area contributed by atoms with Gasteiger partial charge in [0.2, 0.25) is 11.8 Å². The molecular formula is C19H29N3O3. The Balaban J connectivity index is 1.63. The predicted octanol–water partition coefficient (Wildman–Crippen LogP) is 1.45. The van der Waals surface area contributed by atoms with Crippen LogP contribution in [0, 0.1) is 11.8 Å². The molecule has 3 N–H and O–H groups in total. The average Bonchev–Trinajstić information content (AvgIpc) is 2.65. The predicted molar refractivity (Wildman–Crippen MR) is 97.2 cm³/mol. The Kier molecular flexibility index (Phi) is 7.73. The average molecular weight is 347 g/mol. The van der Waals surface area contributed by atoms with Crippen molar-refractivity contribution in [2.45, 2.75) is 32.7 Å². The Morgan fingerprint density at radius 1 is 1.24 bits per heavy atom. The number of carbonyl (C=O) groups is 2. The van der Waals surface area contributed by atoms with Crippen LogP contribution in [0.2, 0.25) is 0 Å². The standard InChI is InChI=1S/C19H29N3O3/c1-14(16-4-3-9-20-12-16)10-18(23)22-13-19(24)21-11-15-5-7-17(25-2)8-6-15/h5-8,14,16,20H,3-4,9-13H2,1-2H3,(H,21,24)(H,22,23). The van der Waals surface area contributed by atoms with Gasteiger partial charge in [-0.1, -0.05) is 19.1 Å². The fourth-order valence-electron chi connectivity index (χ4n) is 3.08. The second-order valence-corrected chi connectivity index (χ2v) is 6.69. The molecule has 2 atom stereocenters. The fraction of sp³-hybridized carbons (Fsp3) is 0.579. The molecule has 1 aliphatic rings. The number of ether oxygens (including phenoxy) is 1. The van der Waals surface area contributed by atoms with Gasteiger partial charge in [-0.05, 0) is 55.5 Å². The summed E-state index contributed by atoms with van der Waals surface area (Å²) in [6.07, 6.45) is 2.81. The molecule has 0 aliphatic carbocycles. The van der Waals surface area contributed by atoms with Crippen LogP contribution in [0.4, 0.5) is 0 Å². The van der Waals surface area contributed by atoms with Gasteiger partial charge in [0.1, 0.15) is 5.75 Å². The van der Waals surface area contributed by atoms with Gasteiger partial charge in [0, 0.05) is 13.0 Å². The molecule has 1 fully saturated rings. The first-order valence-corrected chi connectivity index (χ1v) is 8.95. The van der Waals surface area contributed by atoms with Crippen LogP contribution in [0.3, 0.4) is 0 Å². The van der Waals surface area contributed by atoms with E-state index in [0.29, 0.717) is 24.8 Å². The van der Waals surface area contributed by atoms with Crippen molar-refractivity contribution in [2.24, 2.45) is 11.8 Å². The van der Waals surface area contributed by atoms with Crippen LogP contribution < -0.4 is 20.7 Å². The van der Waals surface area contributed by atoms with Gasteiger partial charge in [-0.3, -0.25) is 9.59 Å². The van der Waals surface area contributed by atoms with Gasteiger partial charge < -0.3 is 20.7 Å². The molecule has 6 heteroatoms. The van der Waals surface area contributed by atoms with Crippen molar-refractivity contribution in [2.75, 3.05) is 26.7 Å². The Labute approximate surface area is 149 Å². The molecule has 0 aromatic heterocycles. The molecule has 1 heterocycles. The Morgan fingerprint density at radius 2 is 2.00 bits per heavy atom. The lowest BCUT2D eigenvalue weighted by molar-refractivity contribution is -0.126. The third-order valence-electron chi connectivity index (χ3n) is 4.74. The van der Waals surface area contributed by atoms with Gasteiger partial charge in [0.25, 0.3) is 0 Å². The van der Waals surface area contributed by atoms with Gasteiger partial charge in [0.15, 0.2) is 0 Å². The van der Waals surface area contributed by atoms with Gasteiger partial charge in [-0.15, -0.1) is 0 Å². The number of amides is 2. The summed E-state index contributed by atoms with van der Waals surface area (Å²) >= 11 is 0. The van der Waals surface area contributed by atoms with Crippen molar-refractivity contribution in [1.82, 2.24) is 16.0 Å². The third-order valence-corrected chi connectivity index (χ3v) is 4.74. The monoisotopic (exact) mass is 347 g/mol. The van der Waals surface area contributed by atoms with Crippen LogP contribution in [0.25, 0.3) is 0 Å². The minimum absolute atomic E-state index is 0.0185. The maximum atomic E-state index is 12.0. The largest absolute Gasteiger partial charge is 0.497 e. The summed E-state index contributed by atoms with van der Waals surface area (Å²) in [5.41, 5.74) is 0.985. The highest BCUT2D eigenvalue weighted by molar-refractivity contribution is 5.84. The second kappa shape index (κ2) is 10.0. The number of piperidine rings is 1. The van der Waals surface area contributed by atoms with Crippen molar-refractivity contribution >= 4 is 11.8 Å². The molecule has 2 amide bonds. The van der Waals surface area contributed by atoms with Crippen LogP contribution in [-0.2, 0) is 16.1 Å². The lowest BCUT2D eigenvalue weighted by Gasteiger charge is -2.27. The summed E-state index contributed by atoms with van der Waals surface area (Å²) < 4.78 is 5.10. The van der Waals surface area contributed by atoms with Gasteiger partial charge in [0.05, 0.1) is 13.7 Å². The highest BCUT2D eigenvalue weighted by atomic mass is 16.5. The summed E-state index contributed by atoms with van der Waals surface area (Å²) in [4.78, 5) is 23.9. The summed E-state index contributed by atoms with van der Waals surface area (Å²) in [7, 11) is 1.62. The van der Waals surface area contributed by atoms with E-state index in [9.17, 15) is 9.59 Å². The number of benzene rings is 1. The molecular weight excluding hydrogens is 318 g/mol. The topological polar surface area (TPSA) is 79.5 Å². The molecule has 1 aliphatic heterocycles. The molecule has 0 saturated carbocycles. The van der Waals surface area contributed by atoms with Crippen molar-refractivity contribution < 1.29 is 14.3 Å². The maximum Gasteiger partial charge on any atom is 0.239 e. The first kappa shape index (κ1) is 19.2. The van der Waals surface area contributed by atoms with Crippen molar-refractivity contribution in [3.8, 4) is 5.75 Å². The molecule has 0 spiro atoms. The number of nitrogens with one attached hydrogen (secondary N) is 3. The molecule has 1 saturated heterocycles. The minimum Gasteiger partial charge on any atom is -0.497 e. The van der Waals surface area contributed by atoms with Gasteiger partial charge in [-0.25, -0.2) is 0 Å². The van der Waals surface area contributed by atoms with E-state index in [-0.39, 0.29) is 18.4 Å². The minimum atomic E-state index is -0.184. The van der Waals surface area contributed by atoms with Crippen LogP contribution >= 0.6 is 0 Å². The lowest BCUT2D eigenvalue weighted by Crippen LogP contribution is -2.39. The van der Waals surface area contributed by atoms with Crippen LogP contribution in [0.5, 0.6) is 5.75 Å². The number of rotatable bonds is 8. The molecule has 2 unspecified atom stereocenters. The number of carbonyl (C=O) groups excluding carboxylic acids is 2. The van der Waals surface area contributed by atoms with Crippen LogP contribution in [-0.4, -0.2) is 38.6 Å². The molecule has 2 rings (SSSR count). The van der Waals surface area contributed by atoms with E-state index >= 15 is 0 Å². The van der Waals surface area contributed by atoms with Crippen molar-refractivity contribution in [3.05, 3.63) is 29.8 Å². The zero-order valence-electron chi connectivity index (χ0n) is 15.1. The smallest absolute Gasteiger partial charge is 0.239 e. The zero-order valence-corrected chi connectivity index (χ0v) is 15.1. The van der Waals surface area contributed by atoms with E-state index in [1.165, 1.54) is 12.8 Å². The molecule has 0 bridgehead atoms. The summed E-state index contributed by atoms with van der Waals surface area (Å²) in [5, 5.41) is 8.89. The Morgan fingerprint density at radius 3 is 2.64 bits per heavy atom. The molecule has 1 aromatic rings. The molecule has 1 aromatic carbocycles. The summed E-state index contributed by atoms with van der Waals surface area (Å²) in [6.45, 7) is 4.62. The third kappa shape index (κ3) is 6.74. The maximum absolute atomic E-state index is 12.0. The first-order chi connectivity index (χ1) is 12.1. The van der Waals surface area contributed by atoms with E-state index < -0.39 is 0 Å². The lowest BCUT2D eigenvalue weighted by atomic mass is 9.85. The number of hydrogen-bond acceptors (Lipinski definition) is 4.